The molecular formula is C4H10O7S2. The molecule has 0 fully saturated rings. The highest BCUT2D eigenvalue weighted by molar-refractivity contribution is 7.87. The Balaban J connectivity index is 3.96. The van der Waals surface area contributed by atoms with E-state index in [1.54, 1.807) is 0 Å². The smallest absolute Gasteiger partial charge is 0.291 e. The Bertz CT molecular complexity index is 292. The standard InChI is InChI=1S/C4H10O7S2/c1-9-12(5,6)3-11-4-13(7,8)10-2/h3-4H2,1-2H3. The van der Waals surface area contributed by atoms with Crippen molar-refractivity contribution in [3.05, 3.63) is 0 Å². The number of hydrogen-bond donors (Lipinski definition) is 0. The fourth-order valence-electron chi connectivity index (χ4n) is 0.334. The van der Waals surface area contributed by atoms with Crippen molar-refractivity contribution in [1.29, 1.82) is 0 Å². The van der Waals surface area contributed by atoms with Gasteiger partial charge in [0.25, 0.3) is 20.2 Å². The summed E-state index contributed by atoms with van der Waals surface area (Å²) in [5, 5.41) is 0. The van der Waals surface area contributed by atoms with E-state index in [4.69, 9.17) is 0 Å². The number of rotatable bonds is 6. The Labute approximate surface area is 76.8 Å². The fourth-order valence-corrected chi connectivity index (χ4v) is 1.21. The van der Waals surface area contributed by atoms with Gasteiger partial charge >= 0.3 is 0 Å². The lowest BCUT2D eigenvalue weighted by atomic mass is 11.5. The summed E-state index contributed by atoms with van der Waals surface area (Å²) in [6.45, 7) is 0. The van der Waals surface area contributed by atoms with E-state index >= 15 is 0 Å². The second kappa shape index (κ2) is 4.86. The van der Waals surface area contributed by atoms with Gasteiger partial charge in [0.2, 0.25) is 0 Å². The van der Waals surface area contributed by atoms with Gasteiger partial charge in [0.1, 0.15) is 0 Å². The molecule has 0 saturated carbocycles. The third-order valence-electron chi connectivity index (χ3n) is 0.963. The van der Waals surface area contributed by atoms with Crippen molar-refractivity contribution in [3.8, 4) is 0 Å². The molecule has 0 bridgehead atoms. The maximum atomic E-state index is 10.6. The lowest BCUT2D eigenvalue weighted by Gasteiger charge is -2.03. The summed E-state index contributed by atoms with van der Waals surface area (Å²) in [5.74, 6) is -1.65. The monoisotopic (exact) mass is 234 g/mol. The maximum Gasteiger partial charge on any atom is 0.291 e. The molecule has 0 amide bonds. The first-order chi connectivity index (χ1) is 5.83. The summed E-state index contributed by atoms with van der Waals surface area (Å²) in [6, 6.07) is 0. The molecular weight excluding hydrogens is 224 g/mol. The summed E-state index contributed by atoms with van der Waals surface area (Å²) >= 11 is 0. The van der Waals surface area contributed by atoms with Gasteiger partial charge in [-0.25, -0.2) is 0 Å². The van der Waals surface area contributed by atoms with Gasteiger partial charge in [-0.15, -0.1) is 0 Å². The van der Waals surface area contributed by atoms with E-state index in [1.165, 1.54) is 0 Å². The van der Waals surface area contributed by atoms with Gasteiger partial charge in [-0.2, -0.15) is 16.8 Å². The first-order valence-electron chi connectivity index (χ1n) is 2.97. The average molecular weight is 234 g/mol. The van der Waals surface area contributed by atoms with Gasteiger partial charge in [-0.05, 0) is 0 Å². The van der Waals surface area contributed by atoms with Gasteiger partial charge in [0, 0.05) is 0 Å². The average Bonchev–Trinajstić information content (AvgIpc) is 2.04. The second-order valence-electron chi connectivity index (χ2n) is 1.89. The third kappa shape index (κ3) is 5.93. The van der Waals surface area contributed by atoms with Gasteiger partial charge < -0.3 is 4.74 Å². The van der Waals surface area contributed by atoms with Crippen LogP contribution in [-0.2, 0) is 33.3 Å². The van der Waals surface area contributed by atoms with Crippen LogP contribution in [0.25, 0.3) is 0 Å². The molecule has 0 rings (SSSR count). The quantitative estimate of drug-likeness (QED) is 0.536. The topological polar surface area (TPSA) is 96.0 Å². The predicted molar refractivity (Wildman–Crippen MR) is 42.7 cm³/mol. The summed E-state index contributed by atoms with van der Waals surface area (Å²) in [5.41, 5.74) is 0. The zero-order valence-electron chi connectivity index (χ0n) is 7.09. The summed E-state index contributed by atoms with van der Waals surface area (Å²) in [4.78, 5) is 0. The minimum Gasteiger partial charge on any atom is -0.345 e. The molecule has 0 aromatic carbocycles. The first kappa shape index (κ1) is 12.8. The Hall–Kier alpha value is -0.220. The molecule has 0 saturated heterocycles. The molecule has 13 heavy (non-hydrogen) atoms. The van der Waals surface area contributed by atoms with Crippen LogP contribution in [0.3, 0.4) is 0 Å². The van der Waals surface area contributed by atoms with Gasteiger partial charge in [-0.1, -0.05) is 0 Å². The van der Waals surface area contributed by atoms with E-state index in [0.717, 1.165) is 14.2 Å². The van der Waals surface area contributed by atoms with Crippen molar-refractivity contribution in [3.63, 3.8) is 0 Å². The molecule has 0 spiro atoms. The zero-order chi connectivity index (χ0) is 10.5. The molecule has 0 aliphatic heterocycles. The molecule has 0 aromatic heterocycles. The Kier molecular flexibility index (Phi) is 4.78. The maximum absolute atomic E-state index is 10.6. The van der Waals surface area contributed by atoms with Gasteiger partial charge in [0.15, 0.2) is 11.9 Å². The molecule has 7 nitrogen and oxygen atoms in total. The van der Waals surface area contributed by atoms with Crippen molar-refractivity contribution in [2.45, 2.75) is 0 Å². The van der Waals surface area contributed by atoms with Crippen LogP contribution in [0.1, 0.15) is 0 Å². The van der Waals surface area contributed by atoms with E-state index < -0.39 is 32.1 Å². The van der Waals surface area contributed by atoms with Crippen LogP contribution in [0, 0.1) is 0 Å². The minimum absolute atomic E-state index is 0.827. The molecule has 9 heteroatoms. The van der Waals surface area contributed by atoms with E-state index in [2.05, 4.69) is 13.1 Å². The third-order valence-corrected chi connectivity index (χ3v) is 2.89. The molecule has 0 heterocycles. The van der Waals surface area contributed by atoms with Gasteiger partial charge in [0.05, 0.1) is 14.2 Å². The molecule has 0 N–H and O–H groups in total. The molecule has 0 unspecified atom stereocenters. The van der Waals surface area contributed by atoms with E-state index in [-0.39, 0.29) is 0 Å². The van der Waals surface area contributed by atoms with Crippen LogP contribution in [0.4, 0.5) is 0 Å². The number of hydrogen-bond acceptors (Lipinski definition) is 7. The van der Waals surface area contributed by atoms with E-state index in [1.807, 2.05) is 0 Å². The lowest BCUT2D eigenvalue weighted by molar-refractivity contribution is 0.201. The van der Waals surface area contributed by atoms with E-state index in [9.17, 15) is 16.8 Å². The minimum atomic E-state index is -3.79. The Morgan fingerprint density at radius 3 is 1.38 bits per heavy atom. The van der Waals surface area contributed by atoms with Crippen molar-refractivity contribution in [2.24, 2.45) is 0 Å². The van der Waals surface area contributed by atoms with Crippen molar-refractivity contribution in [2.75, 3.05) is 26.1 Å². The first-order valence-corrected chi connectivity index (χ1v) is 6.13. The summed E-state index contributed by atoms with van der Waals surface area (Å²) in [6.07, 6.45) is 0. The normalized spacial score (nSPS) is 13.1. The van der Waals surface area contributed by atoms with Crippen molar-refractivity contribution in [1.82, 2.24) is 0 Å². The zero-order valence-corrected chi connectivity index (χ0v) is 8.72. The largest absolute Gasteiger partial charge is 0.345 e. The SMILES string of the molecule is COS(=O)(=O)COCS(=O)(=O)OC. The highest BCUT2D eigenvalue weighted by Gasteiger charge is 2.13. The van der Waals surface area contributed by atoms with Crippen LogP contribution in [0.2, 0.25) is 0 Å². The fraction of sp³-hybridized carbons (Fsp3) is 1.00. The van der Waals surface area contributed by atoms with Crippen LogP contribution in [0.5, 0.6) is 0 Å². The molecule has 0 aliphatic rings. The predicted octanol–water partition coefficient (Wildman–Crippen LogP) is -1.13. The summed E-state index contributed by atoms with van der Waals surface area (Å²) in [7, 11) is -5.69. The molecule has 0 radical (unpaired) electrons. The van der Waals surface area contributed by atoms with Crippen molar-refractivity contribution < 1.29 is 29.9 Å². The second-order valence-corrected chi connectivity index (χ2v) is 5.26. The molecule has 0 aliphatic carbocycles. The lowest BCUT2D eigenvalue weighted by Crippen LogP contribution is -2.17. The molecule has 80 valence electrons. The van der Waals surface area contributed by atoms with Crippen molar-refractivity contribution >= 4 is 20.2 Å². The molecule has 0 aromatic rings. The van der Waals surface area contributed by atoms with E-state index in [0.29, 0.717) is 0 Å². The molecule has 0 atom stereocenters. The van der Waals surface area contributed by atoms with Gasteiger partial charge in [-0.3, -0.25) is 8.37 Å². The Morgan fingerprint density at radius 2 is 1.15 bits per heavy atom. The highest BCUT2D eigenvalue weighted by Crippen LogP contribution is 1.95. The summed E-state index contributed by atoms with van der Waals surface area (Å²) < 4.78 is 54.7. The Morgan fingerprint density at radius 1 is 0.846 bits per heavy atom. The number of ether oxygens (including phenoxy) is 1. The van der Waals surface area contributed by atoms with Crippen LogP contribution >= 0.6 is 0 Å². The highest BCUT2D eigenvalue weighted by atomic mass is 32.2. The van der Waals surface area contributed by atoms with Crippen LogP contribution in [-0.4, -0.2) is 42.9 Å². The van der Waals surface area contributed by atoms with Crippen LogP contribution in [0.15, 0.2) is 0 Å². The van der Waals surface area contributed by atoms with Crippen LogP contribution < -0.4 is 0 Å².